The molecule has 2 amide bonds. The summed E-state index contributed by atoms with van der Waals surface area (Å²) in [5.41, 5.74) is 0. The van der Waals surface area contributed by atoms with Crippen molar-refractivity contribution in [3.8, 4) is 0 Å². The molecule has 0 radical (unpaired) electrons. The zero-order valence-corrected chi connectivity index (χ0v) is 12.4. The van der Waals surface area contributed by atoms with Gasteiger partial charge in [0.2, 0.25) is 0 Å². The fourth-order valence-corrected chi connectivity index (χ4v) is 1.61. The number of carboxylic acids is 1. The van der Waals surface area contributed by atoms with Crippen molar-refractivity contribution in [2.75, 3.05) is 20.6 Å². The number of carboxylic acid groups (broad SMARTS) is 1. The zero-order valence-electron chi connectivity index (χ0n) is 12.4. The van der Waals surface area contributed by atoms with Crippen molar-refractivity contribution in [1.82, 2.24) is 15.5 Å². The summed E-state index contributed by atoms with van der Waals surface area (Å²) in [7, 11) is 3.94. The number of nitrogens with one attached hydrogen (secondary N) is 2. The second-order valence-electron chi connectivity index (χ2n) is 5.14. The van der Waals surface area contributed by atoms with Gasteiger partial charge in [0.05, 0.1) is 0 Å². The number of carbonyl (C=O) groups excluding carboxylic acids is 1. The molecule has 0 fully saturated rings. The maximum absolute atomic E-state index is 11.7. The van der Waals surface area contributed by atoms with Crippen LogP contribution in [0.1, 0.15) is 39.5 Å². The minimum Gasteiger partial charge on any atom is -0.480 e. The lowest BCUT2D eigenvalue weighted by Gasteiger charge is -2.19. The number of carbonyl (C=O) groups is 2. The Balaban J connectivity index is 4.07. The van der Waals surface area contributed by atoms with Crippen LogP contribution in [-0.4, -0.2) is 54.7 Å². The van der Waals surface area contributed by atoms with Crippen LogP contribution in [0.15, 0.2) is 0 Å². The molecule has 0 aromatic carbocycles. The molecule has 0 aliphatic rings. The molecule has 0 aromatic rings. The molecule has 0 saturated heterocycles. The molecule has 0 bridgehead atoms. The Morgan fingerprint density at radius 3 is 2.32 bits per heavy atom. The van der Waals surface area contributed by atoms with Gasteiger partial charge in [-0.05, 0) is 40.4 Å². The molecular weight excluding hydrogens is 246 g/mol. The van der Waals surface area contributed by atoms with E-state index >= 15 is 0 Å². The molecular formula is C13H27N3O3. The van der Waals surface area contributed by atoms with E-state index in [1.807, 2.05) is 32.8 Å². The number of amides is 2. The molecule has 6 nitrogen and oxygen atoms in total. The highest BCUT2D eigenvalue weighted by atomic mass is 16.4. The predicted molar refractivity (Wildman–Crippen MR) is 75.2 cm³/mol. The standard InChI is InChI=1S/C13H27N3O3/c1-5-6-7-11(12(17)18)15-13(19)14-10(2)8-9-16(3)4/h10-11H,5-9H2,1-4H3,(H,17,18)(H2,14,15,19)/t10?,11-/m0/s1. The fourth-order valence-electron chi connectivity index (χ4n) is 1.61. The Morgan fingerprint density at radius 1 is 1.21 bits per heavy atom. The first-order chi connectivity index (χ1) is 8.86. The van der Waals surface area contributed by atoms with Gasteiger partial charge in [-0.1, -0.05) is 19.8 Å². The molecule has 0 heterocycles. The quantitative estimate of drug-likeness (QED) is 0.591. The Morgan fingerprint density at radius 2 is 1.84 bits per heavy atom. The number of rotatable bonds is 9. The van der Waals surface area contributed by atoms with E-state index in [1.165, 1.54) is 0 Å². The molecule has 2 atom stereocenters. The zero-order chi connectivity index (χ0) is 14.8. The van der Waals surface area contributed by atoms with E-state index in [1.54, 1.807) is 0 Å². The van der Waals surface area contributed by atoms with Gasteiger partial charge in [0.1, 0.15) is 6.04 Å². The predicted octanol–water partition coefficient (Wildman–Crippen LogP) is 1.27. The molecule has 0 saturated carbocycles. The van der Waals surface area contributed by atoms with Gasteiger partial charge in [0, 0.05) is 6.04 Å². The first-order valence-electron chi connectivity index (χ1n) is 6.81. The largest absolute Gasteiger partial charge is 0.480 e. The van der Waals surface area contributed by atoms with Crippen LogP contribution in [-0.2, 0) is 4.79 Å². The van der Waals surface area contributed by atoms with Gasteiger partial charge >= 0.3 is 12.0 Å². The van der Waals surface area contributed by atoms with Crippen molar-refractivity contribution in [3.05, 3.63) is 0 Å². The fraction of sp³-hybridized carbons (Fsp3) is 0.846. The molecule has 0 spiro atoms. The van der Waals surface area contributed by atoms with Gasteiger partial charge < -0.3 is 20.6 Å². The Hall–Kier alpha value is -1.30. The number of urea groups is 1. The van der Waals surface area contributed by atoms with Crippen molar-refractivity contribution < 1.29 is 14.7 Å². The molecule has 0 aromatic heterocycles. The molecule has 6 heteroatoms. The van der Waals surface area contributed by atoms with Gasteiger partial charge in [-0.25, -0.2) is 9.59 Å². The molecule has 1 unspecified atom stereocenters. The second kappa shape index (κ2) is 9.61. The van der Waals surface area contributed by atoms with E-state index in [0.29, 0.717) is 6.42 Å². The number of hydrogen-bond acceptors (Lipinski definition) is 3. The second-order valence-corrected chi connectivity index (χ2v) is 5.14. The van der Waals surface area contributed by atoms with E-state index in [2.05, 4.69) is 10.6 Å². The third kappa shape index (κ3) is 9.30. The normalized spacial score (nSPS) is 13.9. The topological polar surface area (TPSA) is 81.7 Å². The Bertz CT molecular complexity index is 282. The molecule has 19 heavy (non-hydrogen) atoms. The average Bonchev–Trinajstić information content (AvgIpc) is 2.31. The number of aliphatic carboxylic acids is 1. The van der Waals surface area contributed by atoms with Gasteiger partial charge in [0.15, 0.2) is 0 Å². The minimum absolute atomic E-state index is 0.0167. The summed E-state index contributed by atoms with van der Waals surface area (Å²) in [5, 5.41) is 14.3. The highest BCUT2D eigenvalue weighted by Gasteiger charge is 2.19. The van der Waals surface area contributed by atoms with Crippen LogP contribution in [0.2, 0.25) is 0 Å². The third-order valence-corrected chi connectivity index (χ3v) is 2.84. The van der Waals surface area contributed by atoms with Gasteiger partial charge in [-0.2, -0.15) is 0 Å². The lowest BCUT2D eigenvalue weighted by atomic mass is 10.1. The SMILES string of the molecule is CCCC[C@H](NC(=O)NC(C)CCN(C)C)C(=O)O. The summed E-state index contributed by atoms with van der Waals surface area (Å²) in [6.07, 6.45) is 2.98. The van der Waals surface area contributed by atoms with Crippen molar-refractivity contribution in [2.45, 2.75) is 51.6 Å². The molecule has 0 aliphatic heterocycles. The summed E-state index contributed by atoms with van der Waals surface area (Å²) >= 11 is 0. The summed E-state index contributed by atoms with van der Waals surface area (Å²) in [6.45, 7) is 4.77. The van der Waals surface area contributed by atoms with E-state index in [0.717, 1.165) is 25.8 Å². The van der Waals surface area contributed by atoms with Crippen LogP contribution in [0.4, 0.5) is 4.79 Å². The first-order valence-corrected chi connectivity index (χ1v) is 6.81. The highest BCUT2D eigenvalue weighted by Crippen LogP contribution is 2.01. The van der Waals surface area contributed by atoms with Gasteiger partial charge in [0.25, 0.3) is 0 Å². The van der Waals surface area contributed by atoms with E-state index in [4.69, 9.17) is 5.11 Å². The van der Waals surface area contributed by atoms with Crippen LogP contribution in [0.5, 0.6) is 0 Å². The lowest BCUT2D eigenvalue weighted by molar-refractivity contribution is -0.139. The van der Waals surface area contributed by atoms with Crippen molar-refractivity contribution >= 4 is 12.0 Å². The summed E-state index contributed by atoms with van der Waals surface area (Å²) in [4.78, 5) is 24.7. The van der Waals surface area contributed by atoms with Gasteiger partial charge in [-0.15, -0.1) is 0 Å². The van der Waals surface area contributed by atoms with Crippen LogP contribution in [0, 0.1) is 0 Å². The van der Waals surface area contributed by atoms with E-state index in [9.17, 15) is 9.59 Å². The maximum Gasteiger partial charge on any atom is 0.326 e. The molecule has 112 valence electrons. The van der Waals surface area contributed by atoms with Crippen LogP contribution in [0.3, 0.4) is 0 Å². The van der Waals surface area contributed by atoms with E-state index in [-0.39, 0.29) is 6.04 Å². The average molecular weight is 273 g/mol. The third-order valence-electron chi connectivity index (χ3n) is 2.84. The Kier molecular flexibility index (Phi) is 8.95. The Labute approximate surface area is 115 Å². The van der Waals surface area contributed by atoms with Crippen LogP contribution >= 0.6 is 0 Å². The smallest absolute Gasteiger partial charge is 0.326 e. The van der Waals surface area contributed by atoms with E-state index < -0.39 is 18.0 Å². The summed E-state index contributed by atoms with van der Waals surface area (Å²) < 4.78 is 0. The summed E-state index contributed by atoms with van der Waals surface area (Å²) in [6, 6.07) is -1.20. The highest BCUT2D eigenvalue weighted by molar-refractivity contribution is 5.82. The number of hydrogen-bond donors (Lipinski definition) is 3. The summed E-state index contributed by atoms with van der Waals surface area (Å²) in [5.74, 6) is -0.982. The number of nitrogens with zero attached hydrogens (tertiary/aromatic N) is 1. The van der Waals surface area contributed by atoms with Crippen LogP contribution < -0.4 is 10.6 Å². The minimum atomic E-state index is -0.982. The first kappa shape index (κ1) is 17.7. The lowest BCUT2D eigenvalue weighted by Crippen LogP contribution is -2.48. The van der Waals surface area contributed by atoms with Crippen LogP contribution in [0.25, 0.3) is 0 Å². The molecule has 3 N–H and O–H groups in total. The molecule has 0 rings (SSSR count). The molecule has 0 aliphatic carbocycles. The van der Waals surface area contributed by atoms with Crippen molar-refractivity contribution in [1.29, 1.82) is 0 Å². The van der Waals surface area contributed by atoms with Crippen molar-refractivity contribution in [3.63, 3.8) is 0 Å². The monoisotopic (exact) mass is 273 g/mol. The van der Waals surface area contributed by atoms with Crippen molar-refractivity contribution in [2.24, 2.45) is 0 Å². The maximum atomic E-state index is 11.7. The van der Waals surface area contributed by atoms with Gasteiger partial charge in [-0.3, -0.25) is 0 Å². The number of unbranched alkanes of at least 4 members (excludes halogenated alkanes) is 1.